The van der Waals surface area contributed by atoms with Crippen molar-refractivity contribution in [2.75, 3.05) is 0 Å². The summed E-state index contributed by atoms with van der Waals surface area (Å²) in [7, 11) is 0. The molecule has 4 heterocycles. The van der Waals surface area contributed by atoms with Crippen LogP contribution in [-0.2, 0) is 0 Å². The molecule has 0 aromatic carbocycles. The number of allylic oxidation sites excluding steroid dienone is 3. The Balaban J connectivity index is 1.59. The third-order valence-corrected chi connectivity index (χ3v) is 30.3. The molecule has 2 aliphatic carbocycles. The van der Waals surface area contributed by atoms with E-state index in [-0.39, 0.29) is 0 Å². The van der Waals surface area contributed by atoms with Crippen LogP contribution in [0.2, 0.25) is 29.6 Å². The summed E-state index contributed by atoms with van der Waals surface area (Å²) in [5.41, 5.74) is 7.25. The molecule has 34 heavy (non-hydrogen) atoms. The fourth-order valence-electron chi connectivity index (χ4n) is 5.33. The van der Waals surface area contributed by atoms with Crippen molar-refractivity contribution in [3.05, 3.63) is 78.8 Å². The van der Waals surface area contributed by atoms with Crippen LogP contribution < -0.4 is 5.79 Å². The number of hydrogen-bond acceptors (Lipinski definition) is 4. The SMILES string of the molecule is C=C1C(c2cc[c]([Sn]([CH3])([CH3])[CH3])s2)=C2c3sccc3-c3ccsc3C2C1c1cc[c]([Sn]([CH3])([CH3])[CH3])s1. The van der Waals surface area contributed by atoms with Crippen molar-refractivity contribution in [1.82, 2.24) is 0 Å². The van der Waals surface area contributed by atoms with E-state index in [1.165, 1.54) is 36.9 Å². The van der Waals surface area contributed by atoms with Crippen molar-refractivity contribution < 1.29 is 0 Å². The van der Waals surface area contributed by atoms with Gasteiger partial charge in [-0.2, -0.15) is 0 Å². The average molecular weight is 732 g/mol. The molecule has 0 aliphatic heterocycles. The molecule has 4 aromatic heterocycles. The standard InChI is InChI=1S/C22H12S4.6CH3.2Sn/c1-12-17(15-4-2-8-23-15)19-20(18(12)16-5-3-9-24-16)22-14(7-11-26-22)13-6-10-25-21(13)19;;;;;;;;/h2-7,10-11,17,19H,1H2;6*1H3;;. The van der Waals surface area contributed by atoms with Crippen LogP contribution in [0.5, 0.6) is 0 Å². The van der Waals surface area contributed by atoms with Gasteiger partial charge in [0.05, 0.1) is 0 Å². The van der Waals surface area contributed by atoms with Crippen molar-refractivity contribution in [1.29, 1.82) is 0 Å². The van der Waals surface area contributed by atoms with Crippen LogP contribution in [0.15, 0.2) is 59.3 Å². The van der Waals surface area contributed by atoms with E-state index in [2.05, 4.69) is 99.5 Å². The van der Waals surface area contributed by atoms with Gasteiger partial charge in [-0.1, -0.05) is 0 Å². The Bertz CT molecular complexity index is 1460. The Morgan fingerprint density at radius 3 is 2.03 bits per heavy atom. The van der Waals surface area contributed by atoms with Gasteiger partial charge in [0, 0.05) is 0 Å². The summed E-state index contributed by atoms with van der Waals surface area (Å²) in [6.07, 6.45) is 0. The monoisotopic (exact) mass is 734 g/mol. The van der Waals surface area contributed by atoms with Gasteiger partial charge in [-0.25, -0.2) is 0 Å². The van der Waals surface area contributed by atoms with Gasteiger partial charge in [-0.05, 0) is 0 Å². The third-order valence-electron chi connectivity index (χ3n) is 7.05. The van der Waals surface area contributed by atoms with Crippen LogP contribution in [0.4, 0.5) is 0 Å². The molecule has 6 rings (SSSR count). The van der Waals surface area contributed by atoms with Crippen LogP contribution in [-0.4, -0.2) is 36.8 Å². The molecule has 0 spiro atoms. The summed E-state index contributed by atoms with van der Waals surface area (Å²) < 4.78 is 3.33. The molecule has 2 unspecified atom stereocenters. The van der Waals surface area contributed by atoms with Gasteiger partial charge in [0.1, 0.15) is 0 Å². The van der Waals surface area contributed by atoms with Crippen molar-refractivity contribution in [2.45, 2.75) is 41.5 Å². The van der Waals surface area contributed by atoms with Crippen molar-refractivity contribution in [3.63, 3.8) is 0 Å². The minimum absolute atomic E-state index is 0.355. The molecule has 0 amide bonds. The molecule has 0 radical (unpaired) electrons. The quantitative estimate of drug-likeness (QED) is 0.184. The van der Waals surface area contributed by atoms with Crippen molar-refractivity contribution in [3.8, 4) is 11.1 Å². The molecule has 0 N–H and O–H groups in total. The van der Waals surface area contributed by atoms with E-state index in [0.29, 0.717) is 11.8 Å². The van der Waals surface area contributed by atoms with E-state index in [4.69, 9.17) is 6.58 Å². The second-order valence-corrected chi connectivity index (χ2v) is 46.4. The second kappa shape index (κ2) is 8.45. The van der Waals surface area contributed by atoms with Crippen LogP contribution >= 0.6 is 45.3 Å². The zero-order valence-electron chi connectivity index (χ0n) is 20.6. The van der Waals surface area contributed by atoms with Gasteiger partial charge >= 0.3 is 230 Å². The van der Waals surface area contributed by atoms with E-state index < -0.39 is 36.8 Å². The molecule has 0 bridgehead atoms. The molecule has 0 saturated heterocycles. The van der Waals surface area contributed by atoms with Gasteiger partial charge in [0.2, 0.25) is 0 Å². The Hall–Kier alpha value is -0.123. The summed E-state index contributed by atoms with van der Waals surface area (Å²) in [5, 5.41) is 4.59. The zero-order chi connectivity index (χ0) is 24.0. The predicted octanol–water partition coefficient (Wildman–Crippen LogP) is 9.05. The van der Waals surface area contributed by atoms with Gasteiger partial charge in [-0.3, -0.25) is 0 Å². The first-order valence-electron chi connectivity index (χ1n) is 11.9. The van der Waals surface area contributed by atoms with Crippen LogP contribution in [0.3, 0.4) is 0 Å². The number of hydrogen-bond donors (Lipinski definition) is 0. The molecular weight excluding hydrogens is 702 g/mol. The molecule has 0 nitrogen and oxygen atoms in total. The first-order valence-corrected chi connectivity index (χ1v) is 35.2. The van der Waals surface area contributed by atoms with Gasteiger partial charge < -0.3 is 0 Å². The number of fused-ring (bicyclic) bond motifs is 6. The topological polar surface area (TPSA) is 0 Å². The summed E-state index contributed by atoms with van der Waals surface area (Å²) in [4.78, 5) is 21.2. The maximum absolute atomic E-state index is 4.85. The molecule has 2 atom stereocenters. The summed E-state index contributed by atoms with van der Waals surface area (Å²) >= 11 is 3.78. The number of thiophene rings is 4. The van der Waals surface area contributed by atoms with Crippen LogP contribution in [0.25, 0.3) is 22.3 Å². The molecule has 0 fully saturated rings. The first kappa shape index (κ1) is 24.2. The molecule has 4 aromatic rings. The minimum atomic E-state index is -2.13. The van der Waals surface area contributed by atoms with Gasteiger partial charge in [0.25, 0.3) is 0 Å². The Morgan fingerprint density at radius 1 is 0.706 bits per heavy atom. The normalized spacial score (nSPS) is 20.0. The molecule has 2 aliphatic rings. The fourth-order valence-corrected chi connectivity index (χ4v) is 20.3. The van der Waals surface area contributed by atoms with Gasteiger partial charge in [0.15, 0.2) is 0 Å². The third kappa shape index (κ3) is 3.76. The molecular formula is C28H30S4Sn2. The van der Waals surface area contributed by atoms with E-state index in [1.54, 1.807) is 16.2 Å². The summed E-state index contributed by atoms with van der Waals surface area (Å²) in [6.45, 7) is 4.85. The average Bonchev–Trinajstić information content (AvgIpc) is 3.53. The van der Waals surface area contributed by atoms with Crippen molar-refractivity contribution in [2.24, 2.45) is 0 Å². The maximum atomic E-state index is 4.85. The van der Waals surface area contributed by atoms with E-state index in [0.717, 1.165) is 0 Å². The number of rotatable bonds is 4. The van der Waals surface area contributed by atoms with E-state index in [9.17, 15) is 0 Å². The Labute approximate surface area is 227 Å². The zero-order valence-corrected chi connectivity index (χ0v) is 29.6. The summed E-state index contributed by atoms with van der Waals surface area (Å²) in [5.74, 6) is 0.753. The van der Waals surface area contributed by atoms with Crippen molar-refractivity contribution >= 4 is 99.0 Å². The Morgan fingerprint density at radius 2 is 1.35 bits per heavy atom. The molecule has 0 saturated carbocycles. The molecule has 6 heteroatoms. The Kier molecular flexibility index (Phi) is 6.02. The summed E-state index contributed by atoms with van der Waals surface area (Å²) in [6, 6.07) is 14.4. The second-order valence-electron chi connectivity index (χ2n) is 11.5. The van der Waals surface area contributed by atoms with E-state index in [1.807, 2.05) is 22.7 Å². The fraction of sp³-hybridized carbons (Fsp3) is 0.286. The van der Waals surface area contributed by atoms with E-state index >= 15 is 0 Å². The van der Waals surface area contributed by atoms with Gasteiger partial charge in [-0.15, -0.1) is 0 Å². The van der Waals surface area contributed by atoms with Crippen LogP contribution in [0, 0.1) is 0 Å². The first-order chi connectivity index (χ1) is 16.1. The predicted molar refractivity (Wildman–Crippen MR) is 164 cm³/mol. The molecule has 174 valence electrons. The van der Waals surface area contributed by atoms with Crippen LogP contribution in [0.1, 0.15) is 31.3 Å².